The van der Waals surface area contributed by atoms with Crippen LogP contribution in [0.2, 0.25) is 0 Å². The minimum absolute atomic E-state index is 0. The Morgan fingerprint density at radius 1 is 0.375 bits per heavy atom. The Labute approximate surface area is 211 Å². The normalized spacial score (nSPS) is 0. The molecule has 0 aromatic heterocycles. The molecule has 0 aliphatic carbocycles. The van der Waals surface area contributed by atoms with Gasteiger partial charge in [-0.15, -0.1) is 0 Å². The van der Waals surface area contributed by atoms with Gasteiger partial charge in [-0.05, 0) is 0 Å². The van der Waals surface area contributed by atoms with Crippen LogP contribution in [0.4, 0.5) is 0 Å². The maximum Gasteiger partial charge on any atom is 5.00 e. The van der Waals surface area contributed by atoms with Crippen molar-refractivity contribution >= 4 is 0 Å². The summed E-state index contributed by atoms with van der Waals surface area (Å²) in [6.45, 7) is 0. The van der Waals surface area contributed by atoms with E-state index in [-0.39, 0.29) is 218 Å². The average molecular weight is 981 g/mol. The van der Waals surface area contributed by atoms with E-state index < -0.39 is 0 Å². The van der Waals surface area contributed by atoms with E-state index in [2.05, 4.69) is 0 Å². The molecule has 0 fully saturated rings. The van der Waals surface area contributed by atoms with Gasteiger partial charge in [0.25, 0.3) is 0 Å². The van der Waals surface area contributed by atoms with Gasteiger partial charge in [-0.3, -0.25) is 0 Å². The van der Waals surface area contributed by atoms with Gasteiger partial charge in [-0.2, -0.15) is 0 Å². The number of rotatable bonds is 0. The molecule has 0 bridgehead atoms. The van der Waals surface area contributed by atoms with Gasteiger partial charge in [0.2, 0.25) is 0 Å². The Balaban J connectivity index is 0. The molecule has 0 aliphatic heterocycles. The van der Waals surface area contributed by atoms with E-state index in [1.165, 1.54) is 0 Å². The van der Waals surface area contributed by atoms with Crippen LogP contribution in [0.25, 0.3) is 0 Å². The zero-order chi connectivity index (χ0) is 0. The van der Waals surface area contributed by atoms with Crippen molar-refractivity contribution in [3.63, 3.8) is 0 Å². The molecule has 8 heavy (non-hydrogen) atoms. The second kappa shape index (κ2) is 49.0. The Bertz CT molecular complexity index is 8.49. The average Bonchev–Trinajstić information content (AvgIpc) is 0. The summed E-state index contributed by atoms with van der Waals surface area (Å²) in [5, 5.41) is 0. The zero-order valence-electron chi connectivity index (χ0n) is 3.72. The first-order valence-corrected chi connectivity index (χ1v) is 0. The molecule has 0 nitrogen and oxygen atoms in total. The second-order valence-corrected chi connectivity index (χ2v) is 0. The third-order valence-electron chi connectivity index (χ3n) is 0. The monoisotopic (exact) mass is 981 g/mol. The van der Waals surface area contributed by atoms with Crippen molar-refractivity contribution < 1.29 is 218 Å². The topological polar surface area (TPSA) is 0 Å². The van der Waals surface area contributed by atoms with Gasteiger partial charge in [-0.1, -0.05) is 0 Å². The molecule has 48 valence electrons. The van der Waals surface area contributed by atoms with Crippen LogP contribution in [0.3, 0.4) is 0 Å². The van der Waals surface area contributed by atoms with Gasteiger partial charge in [0.1, 0.15) is 0 Å². The fraction of sp³-hybridized carbons (Fsp3) is 0. The molecule has 0 heterocycles. The van der Waals surface area contributed by atoms with E-state index in [0.29, 0.717) is 0 Å². The van der Waals surface area contributed by atoms with Gasteiger partial charge in [0.15, 0.2) is 0 Å². The molecule has 0 unspecified atom stereocenters. The van der Waals surface area contributed by atoms with Gasteiger partial charge in [-0.25, -0.2) is 0 Å². The van der Waals surface area contributed by atoms with Crippen molar-refractivity contribution in [3.05, 3.63) is 0 Å². The van der Waals surface area contributed by atoms with E-state index in [9.17, 15) is 0 Å². The van der Waals surface area contributed by atoms with Crippen LogP contribution in [-0.4, -0.2) is 0 Å². The van der Waals surface area contributed by atoms with Crippen molar-refractivity contribution in [2.45, 2.75) is 0 Å². The van der Waals surface area contributed by atoms with Crippen LogP contribution in [0.15, 0.2) is 0 Å². The summed E-state index contributed by atoms with van der Waals surface area (Å²) >= 11 is 0. The molecule has 0 aromatic rings. The first kappa shape index (κ1) is 61.2. The van der Waals surface area contributed by atoms with Crippen LogP contribution >= 0.6 is 0 Å². The van der Waals surface area contributed by atoms with Crippen molar-refractivity contribution in [1.82, 2.24) is 0 Å². The molecule has 0 aromatic carbocycles. The van der Waals surface area contributed by atoms with Crippen LogP contribution in [0, 0.1) is 0 Å². The maximum atomic E-state index is 0. The second-order valence-electron chi connectivity index (χ2n) is 0. The molecule has 0 N–H and O–H groups in total. The third kappa shape index (κ3) is 38.6. The summed E-state index contributed by atoms with van der Waals surface area (Å²) < 4.78 is 0. The molecule has 0 radical (unpaired) electrons. The molecule has 0 spiro atoms. The smallest absolute Gasteiger partial charge is 1.00 e. The van der Waals surface area contributed by atoms with Crippen LogP contribution in [0.5, 0.6) is 0 Å². The summed E-state index contributed by atoms with van der Waals surface area (Å²) in [7, 11) is 0. The zero-order valence-corrected chi connectivity index (χ0v) is 23.0. The van der Waals surface area contributed by atoms with E-state index in [1.807, 2.05) is 0 Å². The van der Waals surface area contributed by atoms with Gasteiger partial charge >= 0.3 is 73.8 Å². The summed E-state index contributed by atoms with van der Waals surface area (Å²) in [5.74, 6) is 0. The molecule has 0 saturated carbocycles. The largest absolute Gasteiger partial charge is 5.00 e. The van der Waals surface area contributed by atoms with Crippen molar-refractivity contribution in [2.75, 3.05) is 0 Å². The minimum atomic E-state index is 0. The van der Waals surface area contributed by atoms with Crippen LogP contribution in [0.1, 0.15) is 0 Å². The van der Waals surface area contributed by atoms with E-state index in [1.54, 1.807) is 0 Å². The number of halogens is 6. The third-order valence-corrected chi connectivity index (χ3v) is 0. The molecule has 0 amide bonds. The maximum absolute atomic E-state index is 0. The molecule has 0 atom stereocenters. The number of hydrogen-bond donors (Lipinski definition) is 0. The first-order chi connectivity index (χ1) is 0. The van der Waals surface area contributed by atoms with Gasteiger partial charge < -0.3 is 144 Å². The Morgan fingerprint density at radius 2 is 0.375 bits per heavy atom. The van der Waals surface area contributed by atoms with E-state index in [4.69, 9.17) is 0 Å². The molecular formula is I6KTa. The molecule has 8 heteroatoms. The molecule has 0 aliphatic rings. The fourth-order valence-corrected chi connectivity index (χ4v) is 0. The van der Waals surface area contributed by atoms with Crippen molar-refractivity contribution in [1.29, 1.82) is 0 Å². The Hall–Kier alpha value is 6.76. The fourth-order valence-electron chi connectivity index (χ4n) is 0. The summed E-state index contributed by atoms with van der Waals surface area (Å²) in [4.78, 5) is 0. The predicted octanol–water partition coefficient (Wildman–Crippen LogP) is -21.0. The quantitative estimate of drug-likeness (QED) is 0.168. The number of hydrogen-bond acceptors (Lipinski definition) is 0. The van der Waals surface area contributed by atoms with Crippen molar-refractivity contribution in [3.8, 4) is 0 Å². The van der Waals surface area contributed by atoms with E-state index in [0.717, 1.165) is 0 Å². The standard InChI is InChI=1S/6HI.K.Ta/h6*1H;;/q;;;;;;+1;+5/p-6. The summed E-state index contributed by atoms with van der Waals surface area (Å²) in [5.41, 5.74) is 0. The summed E-state index contributed by atoms with van der Waals surface area (Å²) in [6, 6.07) is 0. The molecule has 0 rings (SSSR count). The van der Waals surface area contributed by atoms with Crippen molar-refractivity contribution in [2.24, 2.45) is 0 Å². The Morgan fingerprint density at radius 3 is 0.375 bits per heavy atom. The van der Waals surface area contributed by atoms with Gasteiger partial charge in [0.05, 0.1) is 0 Å². The Kier molecular flexibility index (Phi) is 375. The first-order valence-electron chi connectivity index (χ1n) is 0. The molecular weight excluding hydrogens is 981 g/mol. The van der Waals surface area contributed by atoms with E-state index >= 15 is 0 Å². The van der Waals surface area contributed by atoms with Crippen LogP contribution in [-0.2, 0) is 22.4 Å². The van der Waals surface area contributed by atoms with Crippen LogP contribution < -0.4 is 195 Å². The SMILES string of the molecule is [I-].[I-].[I-].[I-].[I-].[I-].[K+].[Ta+5]. The summed E-state index contributed by atoms with van der Waals surface area (Å²) in [6.07, 6.45) is 0. The van der Waals surface area contributed by atoms with Gasteiger partial charge in [0, 0.05) is 0 Å². The molecule has 0 saturated heterocycles. The minimum Gasteiger partial charge on any atom is -1.00 e. The predicted molar refractivity (Wildman–Crippen MR) is 0 cm³/mol.